The third-order valence-corrected chi connectivity index (χ3v) is 11.0. The number of hydrogen-bond donors (Lipinski definition) is 0. The lowest BCUT2D eigenvalue weighted by Gasteiger charge is -2.38. The number of hydrogen-bond acceptors (Lipinski definition) is 0. The number of alkyl halides is 2. The highest BCUT2D eigenvalue weighted by molar-refractivity contribution is 6.90. The molecule has 0 N–H and O–H groups in total. The van der Waals surface area contributed by atoms with Crippen LogP contribution in [0.3, 0.4) is 0 Å². The van der Waals surface area contributed by atoms with Gasteiger partial charge in [-0.15, -0.1) is 5.54 Å². The van der Waals surface area contributed by atoms with E-state index in [2.05, 4.69) is 53.0 Å². The normalized spacial score (nSPS) is 26.4. The van der Waals surface area contributed by atoms with E-state index < -0.39 is 19.4 Å². The molecule has 0 aliphatic heterocycles. The van der Waals surface area contributed by atoms with Crippen LogP contribution in [0.5, 0.6) is 0 Å². The van der Waals surface area contributed by atoms with Gasteiger partial charge in [-0.05, 0) is 23.5 Å². The molecular weight excluding hydrogens is 246 g/mol. The van der Waals surface area contributed by atoms with E-state index in [-0.39, 0.29) is 6.42 Å². The maximum atomic E-state index is 13.3. The van der Waals surface area contributed by atoms with Crippen LogP contribution in [0.25, 0.3) is 0 Å². The third kappa shape index (κ3) is 2.36. The van der Waals surface area contributed by atoms with Crippen LogP contribution in [-0.4, -0.2) is 14.0 Å². The Morgan fingerprint density at radius 1 is 0.944 bits per heavy atom. The summed E-state index contributed by atoms with van der Waals surface area (Å²) in [5.41, 5.74) is 3.85. The van der Waals surface area contributed by atoms with Crippen molar-refractivity contribution in [3.8, 4) is 11.5 Å². The molecule has 0 nitrogen and oxygen atoms in total. The van der Waals surface area contributed by atoms with Crippen molar-refractivity contribution in [2.75, 3.05) is 0 Å². The molecule has 0 bridgehead atoms. The Labute approximate surface area is 112 Å². The molecule has 1 aliphatic carbocycles. The van der Waals surface area contributed by atoms with Crippen molar-refractivity contribution in [2.24, 2.45) is 5.41 Å². The van der Waals surface area contributed by atoms with E-state index in [1.165, 1.54) is 0 Å². The Bertz CT molecular complexity index is 352. The summed E-state index contributed by atoms with van der Waals surface area (Å²) in [6, 6.07) is 0. The molecule has 0 spiro atoms. The molecule has 3 heteroatoms. The molecular formula is C15H26F2Si. The largest absolute Gasteiger partial charge is 0.265 e. The fraction of sp³-hybridized carbons (Fsp3) is 0.867. The zero-order chi connectivity index (χ0) is 14.4. The van der Waals surface area contributed by atoms with Gasteiger partial charge in [0.25, 0.3) is 5.92 Å². The van der Waals surface area contributed by atoms with Crippen molar-refractivity contribution in [1.82, 2.24) is 0 Å². The summed E-state index contributed by atoms with van der Waals surface area (Å²) >= 11 is 0. The second-order valence-electron chi connectivity index (χ2n) is 6.86. The van der Waals surface area contributed by atoms with E-state index in [1.807, 2.05) is 0 Å². The number of halogens is 2. The monoisotopic (exact) mass is 272 g/mol. The van der Waals surface area contributed by atoms with E-state index in [0.717, 1.165) is 0 Å². The van der Waals surface area contributed by atoms with Gasteiger partial charge in [0.15, 0.2) is 0 Å². The maximum Gasteiger partial charge on any atom is 0.265 e. The minimum Gasteiger partial charge on any atom is -0.205 e. The first-order valence-electron chi connectivity index (χ1n) is 6.92. The maximum absolute atomic E-state index is 13.3. The highest BCUT2D eigenvalue weighted by Gasteiger charge is 2.67. The Kier molecular flexibility index (Phi) is 4.04. The fourth-order valence-electron chi connectivity index (χ4n) is 3.21. The molecule has 0 aromatic heterocycles. The average molecular weight is 272 g/mol. The van der Waals surface area contributed by atoms with Crippen molar-refractivity contribution in [3.05, 3.63) is 0 Å². The van der Waals surface area contributed by atoms with Crippen LogP contribution in [0.1, 0.15) is 54.9 Å². The predicted molar refractivity (Wildman–Crippen MR) is 76.5 cm³/mol. The summed E-state index contributed by atoms with van der Waals surface area (Å²) in [6.07, 6.45) is -0.0637. The van der Waals surface area contributed by atoms with Crippen molar-refractivity contribution in [2.45, 2.75) is 77.4 Å². The van der Waals surface area contributed by atoms with Gasteiger partial charge in [0, 0.05) is 6.42 Å². The molecule has 0 aromatic carbocycles. The zero-order valence-electron chi connectivity index (χ0n) is 12.7. The lowest BCUT2D eigenvalue weighted by molar-refractivity contribution is 0.0870. The smallest absolute Gasteiger partial charge is 0.205 e. The van der Waals surface area contributed by atoms with Crippen LogP contribution in [0.15, 0.2) is 0 Å². The second kappa shape index (κ2) is 4.63. The Hall–Kier alpha value is -0.363. The van der Waals surface area contributed by atoms with Gasteiger partial charge in [0.2, 0.25) is 0 Å². The third-order valence-electron chi connectivity index (χ3n) is 4.68. The Morgan fingerprint density at radius 2 is 1.28 bits per heavy atom. The number of rotatable bonds is 3. The van der Waals surface area contributed by atoms with E-state index in [4.69, 9.17) is 0 Å². The van der Waals surface area contributed by atoms with Crippen LogP contribution in [0.2, 0.25) is 16.6 Å². The highest BCUT2D eigenvalue weighted by Crippen LogP contribution is 2.60. The molecule has 1 fully saturated rings. The van der Waals surface area contributed by atoms with Crippen LogP contribution >= 0.6 is 0 Å². The van der Waals surface area contributed by atoms with Gasteiger partial charge in [0.05, 0.1) is 5.41 Å². The summed E-state index contributed by atoms with van der Waals surface area (Å²) in [5.74, 6) is 0.406. The molecule has 0 aromatic rings. The van der Waals surface area contributed by atoms with E-state index in [9.17, 15) is 8.78 Å². The average Bonchev–Trinajstić information content (AvgIpc) is 2.64. The lowest BCUT2D eigenvalue weighted by atomic mass is 10.1. The van der Waals surface area contributed by atoms with Crippen LogP contribution < -0.4 is 0 Å². The molecule has 0 radical (unpaired) electrons. The van der Waals surface area contributed by atoms with Crippen molar-refractivity contribution < 1.29 is 8.78 Å². The summed E-state index contributed by atoms with van der Waals surface area (Å²) in [4.78, 5) is 0. The Morgan fingerprint density at radius 3 is 1.50 bits per heavy atom. The lowest BCUT2D eigenvalue weighted by Crippen LogP contribution is -2.43. The van der Waals surface area contributed by atoms with Crippen molar-refractivity contribution >= 4 is 8.07 Å². The van der Waals surface area contributed by atoms with Gasteiger partial charge in [-0.25, -0.2) is 8.78 Å². The fourth-order valence-corrected chi connectivity index (χ4v) is 8.57. The molecule has 0 saturated heterocycles. The first-order valence-corrected chi connectivity index (χ1v) is 9.15. The summed E-state index contributed by atoms with van der Waals surface area (Å²) in [5, 5.41) is 0. The highest BCUT2D eigenvalue weighted by atomic mass is 28.3. The zero-order valence-corrected chi connectivity index (χ0v) is 13.7. The molecule has 1 unspecified atom stereocenters. The van der Waals surface area contributed by atoms with Gasteiger partial charge in [-0.2, -0.15) is 0 Å². The van der Waals surface area contributed by atoms with Crippen molar-refractivity contribution in [3.63, 3.8) is 0 Å². The molecule has 1 aliphatic rings. The summed E-state index contributed by atoms with van der Waals surface area (Å²) in [7, 11) is -1.85. The van der Waals surface area contributed by atoms with E-state index >= 15 is 0 Å². The molecule has 1 atom stereocenters. The molecule has 0 heterocycles. The van der Waals surface area contributed by atoms with Gasteiger partial charge in [0.1, 0.15) is 8.07 Å². The minimum absolute atomic E-state index is 0.0637. The van der Waals surface area contributed by atoms with Crippen LogP contribution in [0, 0.1) is 16.9 Å². The quantitative estimate of drug-likeness (QED) is 0.486. The molecule has 1 rings (SSSR count). The van der Waals surface area contributed by atoms with Gasteiger partial charge >= 0.3 is 0 Å². The Balaban J connectivity index is 3.12. The topological polar surface area (TPSA) is 0 Å². The first-order chi connectivity index (χ1) is 7.99. The predicted octanol–water partition coefficient (Wildman–Crippen LogP) is 5.25. The van der Waals surface area contributed by atoms with Crippen LogP contribution in [0.4, 0.5) is 8.78 Å². The van der Waals surface area contributed by atoms with E-state index in [0.29, 0.717) is 16.6 Å². The van der Waals surface area contributed by atoms with Crippen LogP contribution in [-0.2, 0) is 0 Å². The standard InChI is InChI=1S/C15H26F2Si/c1-11(2)18(12(3)4,13(5)6)9-8-14(7)10-15(14,16)17/h11-13H,10H2,1-7H3. The molecule has 18 heavy (non-hydrogen) atoms. The summed E-state index contributed by atoms with van der Waals surface area (Å²) < 4.78 is 26.5. The van der Waals surface area contributed by atoms with Gasteiger partial charge < -0.3 is 0 Å². The summed E-state index contributed by atoms with van der Waals surface area (Å²) in [6.45, 7) is 14.8. The molecule has 104 valence electrons. The SMILES string of the molecule is CC(C)[Si](C#CC1(C)CC1(F)F)(C(C)C)C(C)C. The first kappa shape index (κ1) is 15.7. The minimum atomic E-state index is -2.56. The second-order valence-corrected chi connectivity index (χ2v) is 12.4. The van der Waals surface area contributed by atoms with Crippen molar-refractivity contribution in [1.29, 1.82) is 0 Å². The van der Waals surface area contributed by atoms with Gasteiger partial charge in [-0.1, -0.05) is 47.5 Å². The molecule has 0 amide bonds. The van der Waals surface area contributed by atoms with E-state index in [1.54, 1.807) is 6.92 Å². The van der Waals surface area contributed by atoms with Gasteiger partial charge in [-0.3, -0.25) is 0 Å². The molecule has 1 saturated carbocycles.